The van der Waals surface area contributed by atoms with Crippen molar-refractivity contribution >= 4 is 17.8 Å². The number of carbonyl (C=O) groups is 1. The minimum Gasteiger partial charge on any atom is -0.377 e. The Hall–Kier alpha value is -3.13. The summed E-state index contributed by atoms with van der Waals surface area (Å²) in [5.41, 5.74) is 5.89. The predicted octanol–water partition coefficient (Wildman–Crippen LogP) is 2.04. The third-order valence-corrected chi connectivity index (χ3v) is 6.29. The largest absolute Gasteiger partial charge is 0.377 e. The van der Waals surface area contributed by atoms with Crippen LogP contribution >= 0.6 is 0 Å². The summed E-state index contributed by atoms with van der Waals surface area (Å²) in [6.07, 6.45) is 7.69. The lowest BCUT2D eigenvalue weighted by molar-refractivity contribution is -0.00785. The first kappa shape index (κ1) is 16.8. The second-order valence-electron chi connectivity index (χ2n) is 7.92. The molecule has 3 aromatic heterocycles. The zero-order valence-corrected chi connectivity index (χ0v) is 16.1. The van der Waals surface area contributed by atoms with Gasteiger partial charge in [0.15, 0.2) is 5.65 Å². The van der Waals surface area contributed by atoms with Crippen LogP contribution in [0.5, 0.6) is 0 Å². The van der Waals surface area contributed by atoms with Crippen LogP contribution in [0.15, 0.2) is 29.5 Å². The van der Waals surface area contributed by atoms with Gasteiger partial charge in [-0.1, -0.05) is 0 Å². The van der Waals surface area contributed by atoms with E-state index < -0.39 is 0 Å². The third-order valence-electron chi connectivity index (χ3n) is 6.29. The molecule has 2 saturated heterocycles. The molecule has 3 aliphatic heterocycles. The number of fused-ring (bicyclic) bond motifs is 4. The number of carbonyl (C=O) groups excluding carboxylic acids is 1. The monoisotopic (exact) mass is 388 g/mol. The average Bonchev–Trinajstić information content (AvgIpc) is 3.44. The Morgan fingerprint density at radius 1 is 1.17 bits per heavy atom. The number of rotatable bonds is 2. The van der Waals surface area contributed by atoms with E-state index in [0.717, 1.165) is 40.8 Å². The van der Waals surface area contributed by atoms with Crippen molar-refractivity contribution in [1.82, 2.24) is 24.5 Å². The number of aromatic nitrogens is 4. The highest BCUT2D eigenvalue weighted by Gasteiger charge is 2.42. The standard InChI is InChI=1S/C21H20N6O2/c1-12-16-6-22-7-18(16)17(8-23-12)13-2-5-19-24-25-20(26(19)9-13)21(28)27-14-3-4-15(27)11-29-10-14/h2,5,7-9,14-15H,3-4,6,10-11H2,1H3. The topological polar surface area (TPSA) is 85.0 Å². The van der Waals surface area contributed by atoms with Crippen molar-refractivity contribution in [2.75, 3.05) is 13.2 Å². The number of pyridine rings is 2. The van der Waals surface area contributed by atoms with Gasteiger partial charge in [0.2, 0.25) is 5.82 Å². The van der Waals surface area contributed by atoms with Gasteiger partial charge in [-0.05, 0) is 31.9 Å². The summed E-state index contributed by atoms with van der Waals surface area (Å²) in [5.74, 6) is 0.283. The number of morpholine rings is 1. The van der Waals surface area contributed by atoms with Gasteiger partial charge in [-0.15, -0.1) is 10.2 Å². The molecule has 0 radical (unpaired) electrons. The molecule has 6 rings (SSSR count). The summed E-state index contributed by atoms with van der Waals surface area (Å²) in [7, 11) is 0. The number of aliphatic imine (C=N–C) groups is 1. The molecule has 0 aliphatic carbocycles. The van der Waals surface area contributed by atoms with E-state index in [1.54, 1.807) is 4.40 Å². The summed E-state index contributed by atoms with van der Waals surface area (Å²) < 4.78 is 7.41. The number of nitrogens with zero attached hydrogens (tertiary/aromatic N) is 6. The lowest BCUT2D eigenvalue weighted by atomic mass is 9.99. The molecule has 2 atom stereocenters. The first-order chi connectivity index (χ1) is 14.2. The molecule has 6 heterocycles. The molecule has 2 bridgehead atoms. The van der Waals surface area contributed by atoms with Crippen LogP contribution < -0.4 is 0 Å². The Balaban J connectivity index is 1.44. The van der Waals surface area contributed by atoms with E-state index in [-0.39, 0.29) is 18.0 Å². The molecule has 0 N–H and O–H groups in total. The van der Waals surface area contributed by atoms with Gasteiger partial charge in [0.05, 0.1) is 31.8 Å². The molecule has 8 heteroatoms. The highest BCUT2D eigenvalue weighted by atomic mass is 16.5. The van der Waals surface area contributed by atoms with Gasteiger partial charge in [0.25, 0.3) is 5.91 Å². The fourth-order valence-corrected chi connectivity index (χ4v) is 4.74. The van der Waals surface area contributed by atoms with E-state index in [2.05, 4.69) is 20.2 Å². The molecule has 2 fully saturated rings. The van der Waals surface area contributed by atoms with Gasteiger partial charge in [0.1, 0.15) is 0 Å². The number of hydrogen-bond acceptors (Lipinski definition) is 6. The second kappa shape index (κ2) is 6.18. The Bertz CT molecular complexity index is 1170. The number of hydrogen-bond donors (Lipinski definition) is 0. The van der Waals surface area contributed by atoms with Gasteiger partial charge in [-0.25, -0.2) is 0 Å². The van der Waals surface area contributed by atoms with Crippen molar-refractivity contribution < 1.29 is 9.53 Å². The number of aryl methyl sites for hydroxylation is 1. The van der Waals surface area contributed by atoms with Crippen LogP contribution in [0.2, 0.25) is 0 Å². The van der Waals surface area contributed by atoms with Gasteiger partial charge in [0, 0.05) is 46.6 Å². The Kier molecular flexibility index (Phi) is 3.58. The fraction of sp³-hybridized carbons (Fsp3) is 0.381. The third kappa shape index (κ3) is 2.45. The van der Waals surface area contributed by atoms with Gasteiger partial charge in [-0.3, -0.25) is 19.2 Å². The van der Waals surface area contributed by atoms with Crippen LogP contribution in [0, 0.1) is 6.92 Å². The van der Waals surface area contributed by atoms with E-state index in [1.807, 2.05) is 42.6 Å². The van der Waals surface area contributed by atoms with Crippen LogP contribution in [-0.2, 0) is 11.3 Å². The maximum absolute atomic E-state index is 13.3. The van der Waals surface area contributed by atoms with Crippen LogP contribution in [0.25, 0.3) is 16.8 Å². The van der Waals surface area contributed by atoms with E-state index in [4.69, 9.17) is 4.74 Å². The smallest absolute Gasteiger partial charge is 0.292 e. The molecule has 8 nitrogen and oxygen atoms in total. The predicted molar refractivity (Wildman–Crippen MR) is 106 cm³/mol. The van der Waals surface area contributed by atoms with Crippen LogP contribution in [0.4, 0.5) is 0 Å². The average molecular weight is 388 g/mol. The van der Waals surface area contributed by atoms with Gasteiger partial charge < -0.3 is 9.64 Å². The van der Waals surface area contributed by atoms with Crippen molar-refractivity contribution in [3.8, 4) is 11.1 Å². The molecule has 0 spiro atoms. The zero-order chi connectivity index (χ0) is 19.5. The SMILES string of the molecule is Cc1ncc(-c2ccc3nnc(C(=O)N4C5CCC4COC5)n3c2)c2c1CN=C2. The molecule has 29 heavy (non-hydrogen) atoms. The Labute approximate surface area is 167 Å². The van der Waals surface area contributed by atoms with Gasteiger partial charge in [-0.2, -0.15) is 0 Å². The van der Waals surface area contributed by atoms with E-state index in [9.17, 15) is 4.79 Å². The molecule has 3 aromatic rings. The van der Waals surface area contributed by atoms with Crippen molar-refractivity contribution in [2.45, 2.75) is 38.4 Å². The molecule has 1 amide bonds. The highest BCUT2D eigenvalue weighted by Crippen LogP contribution is 2.32. The Morgan fingerprint density at radius 3 is 2.83 bits per heavy atom. The molecule has 0 saturated carbocycles. The minimum atomic E-state index is -0.0701. The lowest BCUT2D eigenvalue weighted by Gasteiger charge is -2.34. The first-order valence-electron chi connectivity index (χ1n) is 9.94. The normalized spacial score (nSPS) is 22.4. The van der Waals surface area contributed by atoms with Crippen molar-refractivity contribution in [3.05, 3.63) is 47.2 Å². The maximum atomic E-state index is 13.3. The molecular weight excluding hydrogens is 368 g/mol. The quantitative estimate of drug-likeness (QED) is 0.671. The first-order valence-corrected chi connectivity index (χ1v) is 9.94. The number of ether oxygens (including phenoxy) is 1. The fourth-order valence-electron chi connectivity index (χ4n) is 4.74. The van der Waals surface area contributed by atoms with Crippen LogP contribution in [0.1, 0.15) is 40.3 Å². The molecule has 2 unspecified atom stereocenters. The van der Waals surface area contributed by atoms with Crippen LogP contribution in [0.3, 0.4) is 0 Å². The van der Waals surface area contributed by atoms with Crippen LogP contribution in [-0.4, -0.2) is 61.9 Å². The summed E-state index contributed by atoms with van der Waals surface area (Å²) in [6.45, 7) is 3.88. The molecule has 3 aliphatic rings. The maximum Gasteiger partial charge on any atom is 0.292 e. The van der Waals surface area contributed by atoms with Crippen molar-refractivity contribution in [1.29, 1.82) is 0 Å². The Morgan fingerprint density at radius 2 is 2.00 bits per heavy atom. The summed E-state index contributed by atoms with van der Waals surface area (Å²) in [6, 6.07) is 4.16. The summed E-state index contributed by atoms with van der Waals surface area (Å²) in [4.78, 5) is 24.2. The van der Waals surface area contributed by atoms with E-state index in [1.165, 1.54) is 0 Å². The highest BCUT2D eigenvalue weighted by molar-refractivity contribution is 5.95. The van der Waals surface area contributed by atoms with E-state index in [0.29, 0.717) is 31.2 Å². The molecule has 0 aromatic carbocycles. The van der Waals surface area contributed by atoms with E-state index >= 15 is 0 Å². The minimum absolute atomic E-state index is 0.0701. The van der Waals surface area contributed by atoms with Crippen molar-refractivity contribution in [3.63, 3.8) is 0 Å². The number of amides is 1. The van der Waals surface area contributed by atoms with Gasteiger partial charge >= 0.3 is 0 Å². The molecular formula is C21H20N6O2. The zero-order valence-electron chi connectivity index (χ0n) is 16.1. The van der Waals surface area contributed by atoms with Crippen molar-refractivity contribution in [2.24, 2.45) is 4.99 Å². The summed E-state index contributed by atoms with van der Waals surface area (Å²) in [5, 5.41) is 8.45. The summed E-state index contributed by atoms with van der Waals surface area (Å²) >= 11 is 0. The molecule has 146 valence electrons. The second-order valence-corrected chi connectivity index (χ2v) is 7.92. The lowest BCUT2D eigenvalue weighted by Crippen LogP contribution is -2.49.